The fraction of sp³-hybridized carbons (Fsp3) is 0.292. The highest BCUT2D eigenvalue weighted by Crippen LogP contribution is 2.38. The average Bonchev–Trinajstić information content (AvgIpc) is 3.39. The molecule has 0 saturated carbocycles. The summed E-state index contributed by atoms with van der Waals surface area (Å²) in [6.45, 7) is 4.86. The lowest BCUT2D eigenvalue weighted by molar-refractivity contribution is 0.0984. The van der Waals surface area contributed by atoms with Crippen molar-refractivity contribution in [2.75, 3.05) is 39.2 Å². The van der Waals surface area contributed by atoms with Crippen molar-refractivity contribution in [1.82, 2.24) is 15.0 Å². The molecule has 4 aromatic rings. The van der Waals surface area contributed by atoms with Crippen molar-refractivity contribution < 1.29 is 14.1 Å². The number of ether oxygens (including phenoxy) is 1. The first-order valence-electron chi connectivity index (χ1n) is 10.4. The number of fused-ring (bicyclic) bond motifs is 1. The van der Waals surface area contributed by atoms with E-state index in [1.165, 1.54) is 11.3 Å². The van der Waals surface area contributed by atoms with Crippen molar-refractivity contribution in [3.63, 3.8) is 0 Å². The highest BCUT2D eigenvalue weighted by molar-refractivity contribution is 7.22. The normalized spacial score (nSPS) is 11.0. The topological polar surface area (TPSA) is 71.7 Å². The van der Waals surface area contributed by atoms with Gasteiger partial charge in [-0.2, -0.15) is 0 Å². The number of nitrogens with zero attached hydrogens (tertiary/aromatic N) is 4. The van der Waals surface area contributed by atoms with E-state index in [2.05, 4.69) is 5.16 Å². The van der Waals surface area contributed by atoms with Crippen molar-refractivity contribution in [3.05, 3.63) is 58.3 Å². The summed E-state index contributed by atoms with van der Waals surface area (Å²) in [6, 6.07) is 11.2. The van der Waals surface area contributed by atoms with Crippen LogP contribution in [0.1, 0.15) is 21.7 Å². The molecule has 2 aromatic heterocycles. The third kappa shape index (κ3) is 4.90. The van der Waals surface area contributed by atoms with Crippen LogP contribution in [0.25, 0.3) is 21.5 Å². The van der Waals surface area contributed by atoms with Gasteiger partial charge < -0.3 is 14.2 Å². The monoisotopic (exact) mass is 520 g/mol. The molecular weight excluding hydrogens is 495 g/mol. The predicted molar refractivity (Wildman–Crippen MR) is 140 cm³/mol. The van der Waals surface area contributed by atoms with Crippen molar-refractivity contribution in [2.45, 2.75) is 13.8 Å². The molecule has 0 saturated heterocycles. The molecule has 0 radical (unpaired) electrons. The van der Waals surface area contributed by atoms with Crippen LogP contribution in [0.2, 0.25) is 5.02 Å². The molecular formula is C24H26Cl2N4O3S. The van der Waals surface area contributed by atoms with Crippen LogP contribution in [-0.4, -0.2) is 55.2 Å². The quantitative estimate of drug-likeness (QED) is 0.303. The lowest BCUT2D eigenvalue weighted by Gasteiger charge is -2.22. The molecule has 2 heterocycles. The molecule has 0 N–H and O–H groups in total. The Morgan fingerprint density at radius 1 is 1.15 bits per heavy atom. The minimum Gasteiger partial charge on any atom is -0.494 e. The maximum Gasteiger partial charge on any atom is 0.266 e. The van der Waals surface area contributed by atoms with E-state index in [0.29, 0.717) is 51.6 Å². The number of likely N-dealkylation sites (N-methyl/N-ethyl adjacent to an activating group) is 1. The van der Waals surface area contributed by atoms with Crippen LogP contribution < -0.4 is 9.64 Å². The van der Waals surface area contributed by atoms with Crippen LogP contribution in [0.3, 0.4) is 0 Å². The van der Waals surface area contributed by atoms with Crippen molar-refractivity contribution in [2.24, 2.45) is 0 Å². The Balaban J connectivity index is 0.00000324. The van der Waals surface area contributed by atoms with Crippen LogP contribution in [0.15, 0.2) is 40.9 Å². The molecule has 0 aliphatic rings. The van der Waals surface area contributed by atoms with Gasteiger partial charge >= 0.3 is 0 Å². The molecule has 10 heteroatoms. The van der Waals surface area contributed by atoms with Crippen LogP contribution in [0, 0.1) is 13.8 Å². The standard InChI is InChI=1S/C24H25ClN4O3S.ClH/c1-14-10-11-18(31-5)21-22(14)33-24(26-21)29(13-12-28(3)4)23(30)19-15(2)32-27-20(19)16-8-6-7-9-17(16)25;/h6-11H,12-13H2,1-5H3;1H. The summed E-state index contributed by atoms with van der Waals surface area (Å²) in [7, 11) is 5.55. The minimum absolute atomic E-state index is 0. The maximum atomic E-state index is 14.0. The molecule has 0 aliphatic carbocycles. The molecule has 4 rings (SSSR count). The Kier molecular flexibility index (Phi) is 8.20. The number of hydrogen-bond acceptors (Lipinski definition) is 7. The fourth-order valence-electron chi connectivity index (χ4n) is 3.56. The van der Waals surface area contributed by atoms with E-state index < -0.39 is 0 Å². The number of thiazole rings is 1. The second kappa shape index (κ2) is 10.7. The number of hydrogen-bond donors (Lipinski definition) is 0. The first-order valence-corrected chi connectivity index (χ1v) is 11.6. The first kappa shape index (κ1) is 26.0. The van der Waals surface area contributed by atoms with E-state index in [-0.39, 0.29) is 18.3 Å². The summed E-state index contributed by atoms with van der Waals surface area (Å²) < 4.78 is 11.9. The predicted octanol–water partition coefficient (Wildman–Crippen LogP) is 5.86. The number of rotatable bonds is 7. The van der Waals surface area contributed by atoms with Crippen molar-refractivity contribution >= 4 is 56.6 Å². The summed E-state index contributed by atoms with van der Waals surface area (Å²) in [5, 5.41) is 5.26. The Morgan fingerprint density at radius 3 is 2.56 bits per heavy atom. The Hall–Kier alpha value is -2.65. The lowest BCUT2D eigenvalue weighted by atomic mass is 10.1. The van der Waals surface area contributed by atoms with Gasteiger partial charge in [0.1, 0.15) is 28.3 Å². The fourth-order valence-corrected chi connectivity index (χ4v) is 4.86. The van der Waals surface area contributed by atoms with Gasteiger partial charge in [0, 0.05) is 18.7 Å². The molecule has 0 aliphatic heterocycles. The minimum atomic E-state index is -0.235. The summed E-state index contributed by atoms with van der Waals surface area (Å²) in [4.78, 5) is 22.5. The van der Waals surface area contributed by atoms with Gasteiger partial charge in [-0.25, -0.2) is 4.98 Å². The summed E-state index contributed by atoms with van der Waals surface area (Å²) in [6.07, 6.45) is 0. The number of benzene rings is 2. The van der Waals surface area contributed by atoms with Crippen molar-refractivity contribution in [3.8, 4) is 17.0 Å². The number of halogens is 2. The molecule has 0 spiro atoms. The van der Waals surface area contributed by atoms with E-state index in [9.17, 15) is 4.79 Å². The number of carbonyl (C=O) groups excluding carboxylic acids is 1. The zero-order chi connectivity index (χ0) is 23.7. The number of aryl methyl sites for hydroxylation is 2. The van der Waals surface area contributed by atoms with Crippen LogP contribution in [0.4, 0.5) is 5.13 Å². The largest absolute Gasteiger partial charge is 0.494 e. The second-order valence-electron chi connectivity index (χ2n) is 7.96. The van der Waals surface area contributed by atoms with E-state index in [4.69, 9.17) is 25.8 Å². The third-order valence-electron chi connectivity index (χ3n) is 5.36. The number of methoxy groups -OCH3 is 1. The van der Waals surface area contributed by atoms with E-state index in [1.54, 1.807) is 25.0 Å². The second-order valence-corrected chi connectivity index (χ2v) is 9.35. The molecule has 7 nitrogen and oxygen atoms in total. The third-order valence-corrected chi connectivity index (χ3v) is 6.91. The van der Waals surface area contributed by atoms with Crippen LogP contribution in [0.5, 0.6) is 5.75 Å². The molecule has 0 bridgehead atoms. The van der Waals surface area contributed by atoms with Crippen LogP contribution >= 0.6 is 35.3 Å². The van der Waals surface area contributed by atoms with E-state index >= 15 is 0 Å². The Morgan fingerprint density at radius 2 is 1.88 bits per heavy atom. The first-order chi connectivity index (χ1) is 15.8. The van der Waals surface area contributed by atoms with Gasteiger partial charge in [0.05, 0.1) is 16.8 Å². The number of aromatic nitrogens is 2. The van der Waals surface area contributed by atoms with Gasteiger partial charge in [0.2, 0.25) is 0 Å². The molecule has 180 valence electrons. The van der Waals surface area contributed by atoms with Gasteiger partial charge in [0.15, 0.2) is 5.13 Å². The Labute approximate surface area is 213 Å². The number of amides is 1. The molecule has 0 fully saturated rings. The maximum absolute atomic E-state index is 14.0. The van der Waals surface area contributed by atoms with Gasteiger partial charge in [-0.3, -0.25) is 9.69 Å². The van der Waals surface area contributed by atoms with Crippen molar-refractivity contribution in [1.29, 1.82) is 0 Å². The molecule has 0 unspecified atom stereocenters. The zero-order valence-corrected chi connectivity index (χ0v) is 22.0. The van der Waals surface area contributed by atoms with Gasteiger partial charge in [-0.05, 0) is 45.6 Å². The average molecular weight is 521 g/mol. The molecule has 0 atom stereocenters. The smallest absolute Gasteiger partial charge is 0.266 e. The molecule has 2 aromatic carbocycles. The Bertz CT molecular complexity index is 1320. The number of anilines is 1. The van der Waals surface area contributed by atoms with Gasteiger partial charge in [-0.1, -0.05) is 52.4 Å². The van der Waals surface area contributed by atoms with Crippen LogP contribution in [-0.2, 0) is 0 Å². The van der Waals surface area contributed by atoms with Gasteiger partial charge in [-0.15, -0.1) is 12.4 Å². The summed E-state index contributed by atoms with van der Waals surface area (Å²) >= 11 is 7.88. The van der Waals surface area contributed by atoms with E-state index in [1.807, 2.05) is 56.3 Å². The molecule has 1 amide bonds. The summed E-state index contributed by atoms with van der Waals surface area (Å²) in [5.41, 5.74) is 3.27. The number of carbonyl (C=O) groups is 1. The van der Waals surface area contributed by atoms with Gasteiger partial charge in [0.25, 0.3) is 5.91 Å². The van der Waals surface area contributed by atoms with E-state index in [0.717, 1.165) is 15.8 Å². The summed E-state index contributed by atoms with van der Waals surface area (Å²) in [5.74, 6) is 0.872. The molecule has 34 heavy (non-hydrogen) atoms. The zero-order valence-electron chi connectivity index (χ0n) is 19.6. The SMILES string of the molecule is COc1ccc(C)c2sc(N(CCN(C)C)C(=O)c3c(-c4ccccc4Cl)noc3C)nc12.Cl. The highest BCUT2D eigenvalue weighted by atomic mass is 35.5. The highest BCUT2D eigenvalue weighted by Gasteiger charge is 2.30. The lowest BCUT2D eigenvalue weighted by Crippen LogP contribution is -2.37.